The van der Waals surface area contributed by atoms with Crippen molar-refractivity contribution in [3.05, 3.63) is 58.3 Å². The van der Waals surface area contributed by atoms with Gasteiger partial charge in [-0.15, -0.1) is 11.8 Å². The van der Waals surface area contributed by atoms with Crippen molar-refractivity contribution in [2.24, 2.45) is 0 Å². The van der Waals surface area contributed by atoms with Crippen LogP contribution in [0.3, 0.4) is 0 Å². The van der Waals surface area contributed by atoms with Crippen molar-refractivity contribution in [1.82, 2.24) is 9.97 Å². The van der Waals surface area contributed by atoms with E-state index in [1.807, 2.05) is 12.1 Å². The minimum atomic E-state index is -0.504. The zero-order chi connectivity index (χ0) is 10.7. The normalized spacial score (nSPS) is 8.94. The van der Waals surface area contributed by atoms with Crippen molar-refractivity contribution in [3.8, 4) is 11.3 Å². The van der Waals surface area contributed by atoms with Gasteiger partial charge in [0, 0.05) is 38.9 Å². The summed E-state index contributed by atoms with van der Waals surface area (Å²) in [5, 5.41) is 0. The Morgan fingerprint density at radius 1 is 1.44 bits per heavy atom. The molecular weight excluding hydrogens is 279 g/mol. The van der Waals surface area contributed by atoms with Crippen LogP contribution in [0, 0.1) is 18.8 Å². The van der Waals surface area contributed by atoms with Gasteiger partial charge in [0.1, 0.15) is 0 Å². The van der Waals surface area contributed by atoms with Crippen LogP contribution in [0.15, 0.2) is 29.1 Å². The average Bonchev–Trinajstić information content (AvgIpc) is 2.30. The summed E-state index contributed by atoms with van der Waals surface area (Å²) in [7, 11) is 0. The Morgan fingerprint density at radius 3 is 2.81 bits per heavy atom. The van der Waals surface area contributed by atoms with E-state index in [2.05, 4.69) is 27.1 Å². The molecule has 1 radical (unpaired) electrons. The molecule has 0 aliphatic heterocycles. The Morgan fingerprint density at radius 2 is 2.25 bits per heavy atom. The molecule has 2 aromatic rings. The summed E-state index contributed by atoms with van der Waals surface area (Å²) in [6.45, 7) is 6.67. The maximum absolute atomic E-state index is 11.3. The molecule has 0 bridgehead atoms. The Hall–Kier alpha value is -1.31. The average molecular weight is 284 g/mol. The number of benzene rings is 1. The number of hydrogen-bond donors (Lipinski definition) is 1. The molecule has 1 aromatic heterocycles. The first-order valence-corrected chi connectivity index (χ1v) is 4.18. The van der Waals surface area contributed by atoms with E-state index in [4.69, 9.17) is 6.57 Å². The zero-order valence-electron chi connectivity index (χ0n) is 8.19. The maximum Gasteiger partial charge on any atom is 0.368 e. The van der Waals surface area contributed by atoms with Crippen LogP contribution < -0.4 is 5.56 Å². The first-order chi connectivity index (χ1) is 7.31. The number of nitrogens with zero attached hydrogens (tertiary/aromatic N) is 2. The third kappa shape index (κ3) is 2.63. The minimum Gasteiger partial charge on any atom is -0.384 e. The van der Waals surface area contributed by atoms with E-state index in [0.717, 1.165) is 0 Å². The smallest absolute Gasteiger partial charge is 0.368 e. The van der Waals surface area contributed by atoms with E-state index in [-0.39, 0.29) is 38.5 Å². The second-order valence-corrected chi connectivity index (χ2v) is 2.76. The third-order valence-electron chi connectivity index (χ3n) is 1.80. The van der Waals surface area contributed by atoms with Crippen LogP contribution in [0.2, 0.25) is 0 Å². The monoisotopic (exact) mass is 284 g/mol. The minimum absolute atomic E-state index is 0. The summed E-state index contributed by atoms with van der Waals surface area (Å²) in [4.78, 5) is 20.4. The van der Waals surface area contributed by atoms with Crippen molar-refractivity contribution in [1.29, 1.82) is 0 Å². The Balaban J connectivity index is 0.00000128. The third-order valence-corrected chi connectivity index (χ3v) is 1.80. The van der Waals surface area contributed by atoms with Gasteiger partial charge in [-0.05, 0) is 0 Å². The van der Waals surface area contributed by atoms with E-state index < -0.39 is 5.56 Å². The van der Waals surface area contributed by atoms with Crippen molar-refractivity contribution in [3.63, 3.8) is 0 Å². The van der Waals surface area contributed by atoms with Crippen LogP contribution in [0.4, 0.5) is 5.82 Å². The molecule has 0 aliphatic rings. The molecule has 0 atom stereocenters. The number of aromatic amines is 1. The number of rotatable bonds is 1. The van der Waals surface area contributed by atoms with Gasteiger partial charge in [-0.3, -0.25) is 4.79 Å². The Kier molecular flexibility index (Phi) is 4.54. The van der Waals surface area contributed by atoms with Gasteiger partial charge in [-0.25, -0.2) is 11.6 Å². The summed E-state index contributed by atoms with van der Waals surface area (Å²) in [6.07, 6.45) is 2.59. The van der Waals surface area contributed by atoms with E-state index >= 15 is 0 Å². The fourth-order valence-electron chi connectivity index (χ4n) is 1.11. The van der Waals surface area contributed by atoms with Crippen LogP contribution in [0.25, 0.3) is 16.1 Å². The van der Waals surface area contributed by atoms with Gasteiger partial charge >= 0.3 is 5.82 Å². The van der Waals surface area contributed by atoms with Crippen molar-refractivity contribution >= 4 is 5.82 Å². The van der Waals surface area contributed by atoms with Crippen molar-refractivity contribution in [2.45, 2.75) is 0 Å². The van der Waals surface area contributed by atoms with Gasteiger partial charge in [-0.1, -0.05) is 6.57 Å². The Labute approximate surface area is 117 Å². The van der Waals surface area contributed by atoms with Gasteiger partial charge in [0.05, 0.1) is 0 Å². The molecule has 0 saturated heterocycles. The second-order valence-electron chi connectivity index (χ2n) is 2.76. The van der Waals surface area contributed by atoms with Gasteiger partial charge in [0.15, 0.2) is 0 Å². The molecule has 0 amide bonds. The first kappa shape index (κ1) is 12.8. The summed E-state index contributed by atoms with van der Waals surface area (Å²) >= 11 is 0. The molecule has 0 spiro atoms. The van der Waals surface area contributed by atoms with Gasteiger partial charge in [-0.2, -0.15) is 23.2 Å². The molecule has 4 nitrogen and oxygen atoms in total. The zero-order valence-corrected chi connectivity index (χ0v) is 11.0. The maximum atomic E-state index is 11.3. The number of hydrogen-bond acceptors (Lipinski definition) is 2. The van der Waals surface area contributed by atoms with Crippen LogP contribution in [0.5, 0.6) is 0 Å². The molecule has 1 heterocycles. The molecule has 0 saturated carbocycles. The molecule has 2 rings (SSSR count). The topological polar surface area (TPSA) is 50.1 Å². The largest absolute Gasteiger partial charge is 0.384 e. The fourth-order valence-corrected chi connectivity index (χ4v) is 1.11. The van der Waals surface area contributed by atoms with Crippen molar-refractivity contribution < 1.29 is 32.7 Å². The molecule has 5 heteroatoms. The fraction of sp³-hybridized carbons (Fsp3) is 0. The standard InChI is InChI=1S/C11H5N3O.Y/c1-12-10-11(15)14-9(7-13-10)8-5-3-2-4-6-8;/h2-5H,(H,14,15);/q-2;. The first-order valence-electron chi connectivity index (χ1n) is 4.18. The van der Waals surface area contributed by atoms with E-state index in [9.17, 15) is 4.79 Å². The van der Waals surface area contributed by atoms with Crippen LogP contribution in [-0.2, 0) is 32.7 Å². The van der Waals surface area contributed by atoms with E-state index in [1.165, 1.54) is 0 Å². The quantitative estimate of drug-likeness (QED) is 0.808. The summed E-state index contributed by atoms with van der Waals surface area (Å²) in [5.74, 6) is -0.199. The van der Waals surface area contributed by atoms with Gasteiger partial charge in [0.25, 0.3) is 5.56 Å². The summed E-state index contributed by atoms with van der Waals surface area (Å²) in [5.41, 5.74) is 0.627. The molecular formula is C11H5N3OY-2. The second kappa shape index (κ2) is 5.69. The SMILES string of the molecule is [C-]#[N+]c1n[c-]c(-c2[c-]cccc2)[nH]c1=O.[Y]. The van der Waals surface area contributed by atoms with E-state index in [1.54, 1.807) is 12.1 Å². The number of H-pyrrole nitrogens is 1. The molecule has 16 heavy (non-hydrogen) atoms. The van der Waals surface area contributed by atoms with Crippen LogP contribution >= 0.6 is 0 Å². The Bertz CT molecular complexity index is 572. The summed E-state index contributed by atoms with van der Waals surface area (Å²) < 4.78 is 0. The summed E-state index contributed by atoms with van der Waals surface area (Å²) in [6, 6.07) is 10.1. The molecule has 1 aromatic carbocycles. The molecule has 0 unspecified atom stereocenters. The molecule has 1 N–H and O–H groups in total. The number of aromatic nitrogens is 2. The molecule has 75 valence electrons. The predicted molar refractivity (Wildman–Crippen MR) is 54.2 cm³/mol. The molecule has 0 aliphatic carbocycles. The van der Waals surface area contributed by atoms with Gasteiger partial charge < -0.3 is 9.83 Å². The van der Waals surface area contributed by atoms with Crippen molar-refractivity contribution in [2.75, 3.05) is 0 Å². The predicted octanol–water partition coefficient (Wildman–Crippen LogP) is 1.59. The van der Waals surface area contributed by atoms with Gasteiger partial charge in [0.2, 0.25) is 0 Å². The van der Waals surface area contributed by atoms with Crippen LogP contribution in [-0.4, -0.2) is 9.97 Å². The van der Waals surface area contributed by atoms with Crippen LogP contribution in [0.1, 0.15) is 0 Å². The van der Waals surface area contributed by atoms with E-state index in [0.29, 0.717) is 11.3 Å². The molecule has 0 fully saturated rings. The number of nitrogens with one attached hydrogen (secondary N) is 1.